The molecule has 0 amide bonds. The molecule has 3 heterocycles. The van der Waals surface area contributed by atoms with E-state index in [1.807, 2.05) is 13.1 Å². The van der Waals surface area contributed by atoms with E-state index in [0.717, 1.165) is 56.1 Å². The molecule has 7 rings (SSSR count). The molecule has 6 aromatic rings. The first kappa shape index (κ1) is 35.5. The number of anilines is 3. The van der Waals surface area contributed by atoms with Gasteiger partial charge in [-0.05, 0) is 98.6 Å². The van der Waals surface area contributed by atoms with E-state index < -0.39 is 0 Å². The van der Waals surface area contributed by atoms with E-state index in [2.05, 4.69) is 158 Å². The van der Waals surface area contributed by atoms with Crippen LogP contribution in [-0.2, 0) is 36.7 Å². The normalized spacial score (nSPS) is 13.8. The number of para-hydroxylation sites is 1. The maximum absolute atomic E-state index is 11.5. The smallest absolute Gasteiger partial charge is 0.144 e. The minimum Gasteiger partial charge on any atom is -0.505 e. The molecule has 0 spiro atoms. The van der Waals surface area contributed by atoms with Crippen molar-refractivity contribution in [3.8, 4) is 28.1 Å². The van der Waals surface area contributed by atoms with Gasteiger partial charge >= 0.3 is 0 Å². The Morgan fingerprint density at radius 1 is 0.740 bits per heavy atom. The second kappa shape index (κ2) is 12.5. The van der Waals surface area contributed by atoms with Crippen LogP contribution in [0.4, 0.5) is 17.2 Å². The van der Waals surface area contributed by atoms with Crippen LogP contribution >= 0.6 is 0 Å². The quantitative estimate of drug-likeness (QED) is 0.145. The van der Waals surface area contributed by atoms with Gasteiger partial charge in [0.25, 0.3) is 0 Å². The van der Waals surface area contributed by atoms with Gasteiger partial charge in [0.15, 0.2) is 0 Å². The minimum absolute atomic E-state index is 0. The summed E-state index contributed by atoms with van der Waals surface area (Å²) < 4.78 is 0. The fourth-order valence-electron chi connectivity index (χ4n) is 7.27. The molecule has 50 heavy (non-hydrogen) atoms. The van der Waals surface area contributed by atoms with E-state index in [1.165, 1.54) is 22.3 Å². The summed E-state index contributed by atoms with van der Waals surface area (Å²) in [5.74, 6) is 1.09. The largest absolute Gasteiger partial charge is 0.505 e. The summed E-state index contributed by atoms with van der Waals surface area (Å²) in [6.45, 7) is 22.0. The first-order valence-corrected chi connectivity index (χ1v) is 17.2. The molecular formula is C45H46N3OPd-. The number of hydrogen-bond donors (Lipinski definition) is 1. The van der Waals surface area contributed by atoms with Crippen molar-refractivity contribution in [3.05, 3.63) is 131 Å². The van der Waals surface area contributed by atoms with Crippen molar-refractivity contribution < 1.29 is 25.5 Å². The van der Waals surface area contributed by atoms with Gasteiger partial charge in [-0.2, -0.15) is 0 Å². The van der Waals surface area contributed by atoms with Gasteiger partial charge in [-0.15, -0.1) is 23.8 Å². The SMILES string of the molecule is Cc1c(C)c(O)c2nc(-c3[c-]c4c(cc3)C(C)(C)c3ccccc3N4c3cc(C(C)(C)C)ccn3)ccc2c1-c1ccc(C(C)(C)C)cc1.[Pd]. The Morgan fingerprint density at radius 2 is 1.42 bits per heavy atom. The number of aromatic nitrogens is 2. The van der Waals surface area contributed by atoms with E-state index in [4.69, 9.17) is 9.97 Å². The summed E-state index contributed by atoms with van der Waals surface area (Å²) >= 11 is 0. The van der Waals surface area contributed by atoms with Crippen molar-refractivity contribution >= 4 is 28.1 Å². The maximum atomic E-state index is 11.5. The zero-order valence-electron chi connectivity index (χ0n) is 30.8. The molecular weight excluding hydrogens is 705 g/mol. The molecule has 0 saturated heterocycles. The number of phenolic OH excluding ortho intramolecular Hbond substituents is 1. The van der Waals surface area contributed by atoms with Crippen molar-refractivity contribution in [2.24, 2.45) is 0 Å². The third-order valence-electron chi connectivity index (χ3n) is 10.5. The number of rotatable bonds is 3. The van der Waals surface area contributed by atoms with Crippen LogP contribution in [0.2, 0.25) is 0 Å². The zero-order valence-corrected chi connectivity index (χ0v) is 32.3. The van der Waals surface area contributed by atoms with Crippen molar-refractivity contribution in [2.75, 3.05) is 4.90 Å². The number of aromatic hydroxyl groups is 1. The summed E-state index contributed by atoms with van der Waals surface area (Å²) in [7, 11) is 0. The Balaban J connectivity index is 0.00000432. The predicted molar refractivity (Wildman–Crippen MR) is 205 cm³/mol. The molecule has 1 N–H and O–H groups in total. The number of nitrogens with zero attached hydrogens (tertiary/aromatic N) is 3. The molecule has 0 aliphatic carbocycles. The zero-order chi connectivity index (χ0) is 35.0. The van der Waals surface area contributed by atoms with Crippen molar-refractivity contribution in [1.29, 1.82) is 0 Å². The van der Waals surface area contributed by atoms with Crippen LogP contribution in [-0.4, -0.2) is 15.1 Å². The summed E-state index contributed by atoms with van der Waals surface area (Å²) in [6.07, 6.45) is 1.91. The molecule has 0 bridgehead atoms. The monoisotopic (exact) mass is 750 g/mol. The molecule has 0 unspecified atom stereocenters. The number of benzene rings is 4. The molecule has 0 atom stereocenters. The van der Waals surface area contributed by atoms with E-state index in [-0.39, 0.29) is 42.4 Å². The van der Waals surface area contributed by atoms with E-state index >= 15 is 0 Å². The summed E-state index contributed by atoms with van der Waals surface area (Å²) in [5, 5.41) is 12.4. The number of phenols is 1. The van der Waals surface area contributed by atoms with Gasteiger partial charge in [0, 0.05) is 37.7 Å². The van der Waals surface area contributed by atoms with Crippen LogP contribution in [0.3, 0.4) is 0 Å². The standard InChI is InChI=1S/C45H46N3O.Pd/c1-27-28(2)42(49)41-33(40(27)29-15-18-31(19-16-29)43(3,4)5)20-22-36(47-41)30-17-21-35-38(25-30)48(37-14-12-11-13-34(37)45(35,9)10)39-26-32(23-24-46-39)44(6,7)8;/h11-24,26,49H,1-10H3;/q-1;. The summed E-state index contributed by atoms with van der Waals surface area (Å²) in [5.41, 5.74) is 13.1. The van der Waals surface area contributed by atoms with Gasteiger partial charge in [-0.1, -0.05) is 116 Å². The van der Waals surface area contributed by atoms with Crippen LogP contribution in [0.15, 0.2) is 91.1 Å². The van der Waals surface area contributed by atoms with Crippen LogP contribution in [0.5, 0.6) is 5.75 Å². The van der Waals surface area contributed by atoms with Gasteiger partial charge in [0.1, 0.15) is 17.1 Å². The van der Waals surface area contributed by atoms with Gasteiger partial charge in [-0.25, -0.2) is 4.98 Å². The van der Waals surface area contributed by atoms with E-state index in [0.29, 0.717) is 5.52 Å². The molecule has 4 nitrogen and oxygen atoms in total. The maximum Gasteiger partial charge on any atom is 0.144 e. The van der Waals surface area contributed by atoms with Gasteiger partial charge in [0.2, 0.25) is 0 Å². The van der Waals surface area contributed by atoms with E-state index in [1.54, 1.807) is 0 Å². The minimum atomic E-state index is -0.250. The molecule has 0 saturated carbocycles. The number of fused-ring (bicyclic) bond motifs is 3. The summed E-state index contributed by atoms with van der Waals surface area (Å²) in [4.78, 5) is 12.3. The fraction of sp³-hybridized carbons (Fsp3) is 0.289. The van der Waals surface area contributed by atoms with Crippen LogP contribution in [0.25, 0.3) is 33.3 Å². The Hall–Kier alpha value is -4.30. The van der Waals surface area contributed by atoms with Gasteiger partial charge in [-0.3, -0.25) is 4.98 Å². The Bertz CT molecular complexity index is 2260. The van der Waals surface area contributed by atoms with Crippen LogP contribution in [0, 0.1) is 19.9 Å². The van der Waals surface area contributed by atoms with Gasteiger partial charge in [0.05, 0.1) is 0 Å². The predicted octanol–water partition coefficient (Wildman–Crippen LogP) is 11.8. The summed E-state index contributed by atoms with van der Waals surface area (Å²) in [6, 6.07) is 34.0. The number of hydrogen-bond acceptors (Lipinski definition) is 4. The average Bonchev–Trinajstić information content (AvgIpc) is 3.07. The Labute approximate surface area is 311 Å². The van der Waals surface area contributed by atoms with Crippen LogP contribution < -0.4 is 4.90 Å². The molecule has 0 radical (unpaired) electrons. The first-order valence-electron chi connectivity index (χ1n) is 17.2. The topological polar surface area (TPSA) is 49.3 Å². The molecule has 1 aliphatic heterocycles. The second-order valence-electron chi connectivity index (χ2n) is 16.2. The Kier molecular flexibility index (Phi) is 8.87. The second-order valence-corrected chi connectivity index (χ2v) is 16.2. The molecule has 1 aliphatic rings. The number of pyridine rings is 2. The van der Waals surface area contributed by atoms with Crippen molar-refractivity contribution in [3.63, 3.8) is 0 Å². The van der Waals surface area contributed by atoms with Gasteiger partial charge < -0.3 is 10.0 Å². The molecule has 5 heteroatoms. The van der Waals surface area contributed by atoms with Crippen molar-refractivity contribution in [2.45, 2.75) is 85.5 Å². The molecule has 2 aromatic heterocycles. The third kappa shape index (κ3) is 5.85. The molecule has 4 aromatic carbocycles. The average molecular weight is 751 g/mol. The first-order chi connectivity index (χ1) is 23.1. The van der Waals surface area contributed by atoms with Crippen molar-refractivity contribution in [1.82, 2.24) is 9.97 Å². The van der Waals surface area contributed by atoms with E-state index in [9.17, 15) is 5.11 Å². The molecule has 0 fully saturated rings. The molecule has 258 valence electrons. The Morgan fingerprint density at radius 3 is 2.10 bits per heavy atom. The fourth-order valence-corrected chi connectivity index (χ4v) is 7.27. The third-order valence-corrected chi connectivity index (χ3v) is 10.5. The van der Waals surface area contributed by atoms with Crippen LogP contribution in [0.1, 0.15) is 88.8 Å².